The van der Waals surface area contributed by atoms with Crippen molar-refractivity contribution in [2.24, 2.45) is 4.99 Å². The average Bonchev–Trinajstić information content (AvgIpc) is 2.52. The van der Waals surface area contributed by atoms with Crippen LogP contribution in [0, 0.1) is 0 Å². The van der Waals surface area contributed by atoms with E-state index >= 15 is 0 Å². The Balaban J connectivity index is 2.63. The first-order chi connectivity index (χ1) is 10.6. The fraction of sp³-hybridized carbons (Fsp3) is 0.375. The lowest BCUT2D eigenvalue weighted by atomic mass is 10.0. The zero-order valence-corrected chi connectivity index (χ0v) is 14.0. The van der Waals surface area contributed by atoms with Gasteiger partial charge in [-0.1, -0.05) is 52.8 Å². The molecule has 0 aliphatic heterocycles. The van der Waals surface area contributed by atoms with Crippen molar-refractivity contribution in [1.29, 1.82) is 0 Å². The van der Waals surface area contributed by atoms with Crippen molar-refractivity contribution in [2.45, 2.75) is 18.5 Å². The molecule has 0 saturated carbocycles. The van der Waals surface area contributed by atoms with Crippen LogP contribution < -0.4 is 5.32 Å². The Morgan fingerprint density at radius 1 is 1.41 bits per heavy atom. The number of aliphatic carboxylic acids is 1. The van der Waals surface area contributed by atoms with Gasteiger partial charge in [-0.2, -0.15) is 0 Å². The third-order valence-corrected chi connectivity index (χ3v) is 3.49. The highest BCUT2D eigenvalue weighted by molar-refractivity contribution is 9.09. The van der Waals surface area contributed by atoms with Crippen LogP contribution in [0.15, 0.2) is 47.7 Å². The normalized spacial score (nSPS) is 13.1. The molecule has 0 radical (unpaired) electrons. The number of carbonyl (C=O) groups is 1. The summed E-state index contributed by atoms with van der Waals surface area (Å²) in [5.74, 6) is -0.560. The molecule has 1 unspecified atom stereocenters. The number of rotatable bonds is 11. The highest BCUT2D eigenvalue weighted by Gasteiger charge is 2.19. The van der Waals surface area contributed by atoms with Crippen LogP contribution in [-0.4, -0.2) is 48.4 Å². The van der Waals surface area contributed by atoms with Gasteiger partial charge in [0, 0.05) is 11.9 Å². The van der Waals surface area contributed by atoms with Crippen LogP contribution in [0.5, 0.6) is 0 Å². The van der Waals surface area contributed by atoms with E-state index < -0.39 is 12.0 Å². The Morgan fingerprint density at radius 2 is 2.09 bits per heavy atom. The Morgan fingerprint density at radius 3 is 2.64 bits per heavy atom. The smallest absolute Gasteiger partial charge is 0.331 e. The van der Waals surface area contributed by atoms with Gasteiger partial charge in [-0.05, 0) is 18.7 Å². The van der Waals surface area contributed by atoms with Crippen molar-refractivity contribution in [3.05, 3.63) is 48.2 Å². The van der Waals surface area contributed by atoms with Gasteiger partial charge >= 0.3 is 5.97 Å². The van der Waals surface area contributed by atoms with E-state index in [4.69, 9.17) is 9.84 Å². The zero-order valence-electron chi connectivity index (χ0n) is 12.4. The lowest BCUT2D eigenvalue weighted by Gasteiger charge is -2.22. The van der Waals surface area contributed by atoms with E-state index in [2.05, 4.69) is 39.5 Å². The van der Waals surface area contributed by atoms with Gasteiger partial charge in [0.15, 0.2) is 6.04 Å². The molecular formula is C16H21BrN2O3. The lowest BCUT2D eigenvalue weighted by Crippen LogP contribution is -2.36. The van der Waals surface area contributed by atoms with Crippen LogP contribution >= 0.6 is 15.9 Å². The second-order valence-electron chi connectivity index (χ2n) is 4.70. The van der Waals surface area contributed by atoms with Crippen LogP contribution in [0.1, 0.15) is 5.56 Å². The third-order valence-electron chi connectivity index (χ3n) is 3.09. The van der Waals surface area contributed by atoms with Crippen molar-refractivity contribution in [1.82, 2.24) is 5.32 Å². The fourth-order valence-corrected chi connectivity index (χ4v) is 2.10. The molecule has 1 rings (SSSR count). The fourth-order valence-electron chi connectivity index (χ4n) is 1.87. The number of benzene rings is 1. The first-order valence-electron chi connectivity index (χ1n) is 6.92. The van der Waals surface area contributed by atoms with Crippen LogP contribution in [0.3, 0.4) is 0 Å². The van der Waals surface area contributed by atoms with E-state index in [1.165, 1.54) is 0 Å². The van der Waals surface area contributed by atoms with Gasteiger partial charge in [0.2, 0.25) is 0 Å². The molecule has 2 N–H and O–H groups in total. The molecule has 120 valence electrons. The molecule has 22 heavy (non-hydrogen) atoms. The van der Waals surface area contributed by atoms with Gasteiger partial charge < -0.3 is 15.2 Å². The highest BCUT2D eigenvalue weighted by atomic mass is 79.9. The number of hydrogen-bond donors (Lipinski definition) is 2. The summed E-state index contributed by atoms with van der Waals surface area (Å²) < 4.78 is 5.50. The highest BCUT2D eigenvalue weighted by Crippen LogP contribution is 2.11. The Bertz CT molecular complexity index is 493. The molecule has 6 heteroatoms. The molecule has 0 fully saturated rings. The molecule has 1 aromatic rings. The maximum Gasteiger partial charge on any atom is 0.331 e. The predicted molar refractivity (Wildman–Crippen MR) is 91.8 cm³/mol. The quantitative estimate of drug-likeness (QED) is 0.357. The number of hydrogen-bond acceptors (Lipinski definition) is 4. The minimum absolute atomic E-state index is 0.0705. The number of carboxylic acid groups (broad SMARTS) is 1. The average molecular weight is 369 g/mol. The van der Waals surface area contributed by atoms with E-state index in [1.807, 2.05) is 30.3 Å². The van der Waals surface area contributed by atoms with Gasteiger partial charge in [-0.15, -0.1) is 0 Å². The SMILES string of the molecule is C=NC(COC(=C)[C@H](Cc1ccccc1)NCCBr)C(=O)O. The largest absolute Gasteiger partial charge is 0.494 e. The summed E-state index contributed by atoms with van der Waals surface area (Å²) in [5.41, 5.74) is 1.15. The molecule has 5 nitrogen and oxygen atoms in total. The summed E-state index contributed by atoms with van der Waals surface area (Å²) >= 11 is 3.37. The number of aliphatic imine (C=N–C) groups is 1. The molecule has 0 amide bonds. The number of halogens is 1. The number of nitrogens with zero attached hydrogens (tertiary/aromatic N) is 1. The topological polar surface area (TPSA) is 70.9 Å². The lowest BCUT2D eigenvalue weighted by molar-refractivity contribution is -0.139. The zero-order chi connectivity index (χ0) is 16.4. The van der Waals surface area contributed by atoms with E-state index in [1.54, 1.807) is 0 Å². The van der Waals surface area contributed by atoms with Gasteiger partial charge in [-0.3, -0.25) is 4.99 Å². The maximum atomic E-state index is 10.9. The first kappa shape index (κ1) is 18.4. The molecule has 0 aliphatic rings. The second-order valence-corrected chi connectivity index (χ2v) is 5.49. The van der Waals surface area contributed by atoms with E-state index in [9.17, 15) is 4.79 Å². The molecule has 1 aromatic carbocycles. The monoisotopic (exact) mass is 368 g/mol. The van der Waals surface area contributed by atoms with Crippen LogP contribution in [0.2, 0.25) is 0 Å². The van der Waals surface area contributed by atoms with Gasteiger partial charge in [-0.25, -0.2) is 4.79 Å². The predicted octanol–water partition coefficient (Wildman–Crippen LogP) is 2.27. The van der Waals surface area contributed by atoms with Gasteiger partial charge in [0.1, 0.15) is 12.4 Å². The third kappa shape index (κ3) is 6.41. The molecule has 0 aromatic heterocycles. The van der Waals surface area contributed by atoms with E-state index in [0.29, 0.717) is 12.2 Å². The van der Waals surface area contributed by atoms with E-state index in [-0.39, 0.29) is 12.6 Å². The summed E-state index contributed by atoms with van der Waals surface area (Å²) in [5, 5.41) is 13.1. The molecular weight excluding hydrogens is 348 g/mol. The van der Waals surface area contributed by atoms with Crippen molar-refractivity contribution in [3.8, 4) is 0 Å². The summed E-state index contributed by atoms with van der Waals surface area (Å²) in [4.78, 5) is 14.4. The minimum atomic E-state index is -1.06. The summed E-state index contributed by atoms with van der Waals surface area (Å²) in [6, 6.07) is 8.89. The van der Waals surface area contributed by atoms with Crippen molar-refractivity contribution in [2.75, 3.05) is 18.5 Å². The number of ether oxygens (including phenoxy) is 1. The van der Waals surface area contributed by atoms with E-state index in [0.717, 1.165) is 17.4 Å². The Kier molecular flexibility index (Phi) is 8.47. The second kappa shape index (κ2) is 10.1. The molecule has 0 bridgehead atoms. The van der Waals surface area contributed by atoms with Gasteiger partial charge in [0.25, 0.3) is 0 Å². The molecule has 2 atom stereocenters. The maximum absolute atomic E-state index is 10.9. The molecule has 0 saturated heterocycles. The summed E-state index contributed by atoms with van der Waals surface area (Å²) in [7, 11) is 0. The Hall–Kier alpha value is -1.66. The van der Waals surface area contributed by atoms with Crippen molar-refractivity contribution < 1.29 is 14.6 Å². The first-order valence-corrected chi connectivity index (χ1v) is 8.04. The van der Waals surface area contributed by atoms with Gasteiger partial charge in [0.05, 0.1) is 6.04 Å². The van der Waals surface area contributed by atoms with Crippen molar-refractivity contribution >= 4 is 28.6 Å². The standard InChI is InChI=1S/C16H21BrN2O3/c1-12(22-11-15(18-2)16(20)21)14(19-9-8-17)10-13-6-4-3-5-7-13/h3-7,14-15,19H,1-2,8-11H2,(H,20,21)/t14-,15?/m0/s1. The van der Waals surface area contributed by atoms with Crippen LogP contribution in [-0.2, 0) is 16.0 Å². The molecule has 0 spiro atoms. The molecule has 0 aliphatic carbocycles. The summed E-state index contributed by atoms with van der Waals surface area (Å²) in [6.07, 6.45) is 0.714. The molecule has 0 heterocycles. The summed E-state index contributed by atoms with van der Waals surface area (Å²) in [6.45, 7) is 7.86. The number of carboxylic acids is 1. The number of alkyl halides is 1. The van der Waals surface area contributed by atoms with Crippen molar-refractivity contribution in [3.63, 3.8) is 0 Å². The minimum Gasteiger partial charge on any atom is -0.494 e. The van der Waals surface area contributed by atoms with Crippen LogP contribution in [0.25, 0.3) is 0 Å². The Labute approximate surface area is 139 Å². The van der Waals surface area contributed by atoms with Crippen LogP contribution in [0.4, 0.5) is 0 Å². The number of nitrogens with one attached hydrogen (secondary N) is 1.